The Balaban J connectivity index is 1.66. The van der Waals surface area contributed by atoms with Crippen molar-refractivity contribution in [3.05, 3.63) is 23.2 Å². The first-order valence-electron chi connectivity index (χ1n) is 8.12. The van der Waals surface area contributed by atoms with Gasteiger partial charge in [-0.15, -0.1) is 5.10 Å². The summed E-state index contributed by atoms with van der Waals surface area (Å²) < 4.78 is 30.6. The van der Waals surface area contributed by atoms with Crippen LogP contribution in [0.3, 0.4) is 0 Å². The number of Topliss-reactive ketones (excluding diaryl/α,β-unsaturated/α-hetero) is 1. The van der Waals surface area contributed by atoms with Crippen molar-refractivity contribution in [2.45, 2.75) is 33.1 Å². The van der Waals surface area contributed by atoms with Gasteiger partial charge in [0.05, 0.1) is 5.41 Å². The lowest BCUT2D eigenvalue weighted by molar-refractivity contribution is -0.128. The summed E-state index contributed by atoms with van der Waals surface area (Å²) in [5.41, 5.74) is -0.412. The largest absolute Gasteiger partial charge is 0.329 e. The molecular formula is C16H18ClN3O4S. The molecule has 2 aliphatic rings. The van der Waals surface area contributed by atoms with Gasteiger partial charge in [0.25, 0.3) is 0 Å². The SMILES string of the molecule is CC1(C)C2CCC1(CS(=O)(=O)On1nnc3ccc(Cl)cc31)C(=O)C2. The Morgan fingerprint density at radius 2 is 2.16 bits per heavy atom. The van der Waals surface area contributed by atoms with Gasteiger partial charge in [-0.25, -0.2) is 0 Å². The third-order valence-corrected chi connectivity index (χ3v) is 7.57. The van der Waals surface area contributed by atoms with Crippen LogP contribution in [0.25, 0.3) is 11.0 Å². The summed E-state index contributed by atoms with van der Waals surface area (Å²) >= 11 is 5.94. The van der Waals surface area contributed by atoms with Crippen molar-refractivity contribution in [3.63, 3.8) is 0 Å². The average Bonchev–Trinajstić information content (AvgIpc) is 3.06. The molecule has 0 saturated heterocycles. The van der Waals surface area contributed by atoms with Crippen LogP contribution in [0.15, 0.2) is 18.2 Å². The zero-order chi connectivity index (χ0) is 18.0. The number of carbonyl (C=O) groups excluding carboxylic acids is 1. The summed E-state index contributed by atoms with van der Waals surface area (Å²) in [6, 6.07) is 4.79. The summed E-state index contributed by atoms with van der Waals surface area (Å²) in [7, 11) is -4.04. The van der Waals surface area contributed by atoms with E-state index in [-0.39, 0.29) is 22.9 Å². The zero-order valence-electron chi connectivity index (χ0n) is 13.9. The molecule has 9 heteroatoms. The van der Waals surface area contributed by atoms with Crippen molar-refractivity contribution in [2.75, 3.05) is 5.75 Å². The van der Waals surface area contributed by atoms with Crippen LogP contribution in [0, 0.1) is 16.7 Å². The van der Waals surface area contributed by atoms with Crippen molar-refractivity contribution < 1.29 is 17.5 Å². The van der Waals surface area contributed by atoms with E-state index in [0.717, 1.165) is 11.3 Å². The number of ketones is 1. The van der Waals surface area contributed by atoms with Gasteiger partial charge in [-0.05, 0) is 47.6 Å². The van der Waals surface area contributed by atoms with Crippen molar-refractivity contribution in [1.82, 2.24) is 15.2 Å². The predicted molar refractivity (Wildman–Crippen MR) is 91.5 cm³/mol. The maximum atomic E-state index is 12.7. The van der Waals surface area contributed by atoms with E-state index in [4.69, 9.17) is 15.9 Å². The van der Waals surface area contributed by atoms with Crippen LogP contribution in [-0.4, -0.2) is 35.1 Å². The Bertz CT molecular complexity index is 984. The van der Waals surface area contributed by atoms with Gasteiger partial charge in [0.1, 0.15) is 22.6 Å². The molecule has 2 aromatic rings. The van der Waals surface area contributed by atoms with E-state index in [9.17, 15) is 13.2 Å². The lowest BCUT2D eigenvalue weighted by Gasteiger charge is -2.35. The molecule has 25 heavy (non-hydrogen) atoms. The average molecular weight is 384 g/mol. The molecule has 2 bridgehead atoms. The summed E-state index contributed by atoms with van der Waals surface area (Å²) in [6.45, 7) is 3.96. The quantitative estimate of drug-likeness (QED) is 0.804. The Morgan fingerprint density at radius 3 is 2.80 bits per heavy atom. The first-order valence-corrected chi connectivity index (χ1v) is 10.1. The predicted octanol–water partition coefficient (Wildman–Crippen LogP) is 2.24. The number of rotatable bonds is 4. The highest BCUT2D eigenvalue weighted by Gasteiger charge is 2.65. The maximum Gasteiger partial charge on any atom is 0.329 e. The van der Waals surface area contributed by atoms with Crippen molar-refractivity contribution in [1.29, 1.82) is 0 Å². The highest BCUT2D eigenvalue weighted by atomic mass is 35.5. The van der Waals surface area contributed by atoms with E-state index in [2.05, 4.69) is 10.3 Å². The molecule has 2 fully saturated rings. The van der Waals surface area contributed by atoms with E-state index >= 15 is 0 Å². The van der Waals surface area contributed by atoms with Crippen LogP contribution >= 0.6 is 11.6 Å². The van der Waals surface area contributed by atoms with Crippen LogP contribution in [-0.2, 0) is 14.9 Å². The molecule has 2 unspecified atom stereocenters. The first-order chi connectivity index (χ1) is 11.6. The molecule has 134 valence electrons. The molecule has 0 N–H and O–H groups in total. The lowest BCUT2D eigenvalue weighted by atomic mass is 9.70. The Morgan fingerprint density at radius 1 is 1.40 bits per heavy atom. The van der Waals surface area contributed by atoms with Gasteiger partial charge >= 0.3 is 10.1 Å². The minimum Gasteiger partial charge on any atom is -0.299 e. The Kier molecular flexibility index (Phi) is 3.47. The summed E-state index contributed by atoms with van der Waals surface area (Å²) in [5, 5.41) is 8.01. The monoisotopic (exact) mass is 383 g/mol. The molecule has 0 radical (unpaired) electrons. The Hall–Kier alpha value is -1.67. The van der Waals surface area contributed by atoms with E-state index in [0.29, 0.717) is 28.9 Å². The molecule has 7 nitrogen and oxygen atoms in total. The molecule has 0 amide bonds. The minimum absolute atomic E-state index is 0.0208. The smallest absolute Gasteiger partial charge is 0.299 e. The topological polar surface area (TPSA) is 91.2 Å². The van der Waals surface area contributed by atoms with Gasteiger partial charge in [-0.3, -0.25) is 9.08 Å². The van der Waals surface area contributed by atoms with Crippen molar-refractivity contribution >= 4 is 38.5 Å². The van der Waals surface area contributed by atoms with Gasteiger partial charge in [-0.2, -0.15) is 8.42 Å². The Labute approximate surface area is 150 Å². The van der Waals surface area contributed by atoms with Crippen molar-refractivity contribution in [2.24, 2.45) is 16.7 Å². The third kappa shape index (κ3) is 2.38. The fraction of sp³-hybridized carbons (Fsp3) is 0.562. The molecule has 1 heterocycles. The van der Waals surface area contributed by atoms with Gasteiger partial charge in [0.2, 0.25) is 0 Å². The molecular weight excluding hydrogens is 366 g/mol. The zero-order valence-corrected chi connectivity index (χ0v) is 15.5. The molecule has 0 aliphatic heterocycles. The van der Waals surface area contributed by atoms with E-state index in [1.807, 2.05) is 13.8 Å². The second-order valence-electron chi connectivity index (χ2n) is 7.54. The fourth-order valence-electron chi connectivity index (χ4n) is 4.47. The molecule has 2 aliphatic carbocycles. The van der Waals surface area contributed by atoms with Gasteiger partial charge in [0, 0.05) is 11.4 Å². The highest BCUT2D eigenvalue weighted by molar-refractivity contribution is 7.86. The number of benzene rings is 1. The molecule has 1 aromatic carbocycles. The standard InChI is InChI=1S/C16H18ClN3O4S/c1-15(2)10-5-6-16(15,14(21)7-10)9-25(22,23)24-20-13-8-11(17)3-4-12(13)18-19-20/h3-4,8,10H,5-7,9H2,1-2H3. The van der Waals surface area contributed by atoms with Crippen LogP contribution < -0.4 is 4.28 Å². The van der Waals surface area contributed by atoms with Crippen LogP contribution in [0.4, 0.5) is 0 Å². The molecule has 2 atom stereocenters. The number of hydrogen-bond donors (Lipinski definition) is 0. The molecule has 0 spiro atoms. The molecule has 1 aromatic heterocycles. The number of hydrogen-bond acceptors (Lipinski definition) is 6. The van der Waals surface area contributed by atoms with E-state index < -0.39 is 15.5 Å². The second-order valence-corrected chi connectivity index (χ2v) is 9.53. The van der Waals surface area contributed by atoms with Gasteiger partial charge in [-0.1, -0.05) is 30.3 Å². The normalized spacial score (nSPS) is 28.0. The number of fused-ring (bicyclic) bond motifs is 3. The first kappa shape index (κ1) is 16.8. The summed E-state index contributed by atoms with van der Waals surface area (Å²) in [5.74, 6) is -0.0850. The van der Waals surface area contributed by atoms with Crippen molar-refractivity contribution in [3.8, 4) is 0 Å². The number of aromatic nitrogens is 3. The summed E-state index contributed by atoms with van der Waals surface area (Å²) in [4.78, 5) is 13.4. The maximum absolute atomic E-state index is 12.7. The minimum atomic E-state index is -4.04. The molecule has 2 saturated carbocycles. The second kappa shape index (κ2) is 5.17. The third-order valence-electron chi connectivity index (χ3n) is 6.12. The van der Waals surface area contributed by atoms with Gasteiger partial charge in [0.15, 0.2) is 0 Å². The van der Waals surface area contributed by atoms with Crippen LogP contribution in [0.5, 0.6) is 0 Å². The van der Waals surface area contributed by atoms with E-state index in [1.165, 1.54) is 6.07 Å². The molecule has 4 rings (SSSR count). The van der Waals surface area contributed by atoms with Crippen LogP contribution in [0.2, 0.25) is 5.02 Å². The lowest BCUT2D eigenvalue weighted by Crippen LogP contribution is -2.44. The number of halogens is 1. The van der Waals surface area contributed by atoms with Crippen LogP contribution in [0.1, 0.15) is 33.1 Å². The number of nitrogens with zero attached hydrogens (tertiary/aromatic N) is 3. The van der Waals surface area contributed by atoms with Gasteiger partial charge < -0.3 is 0 Å². The highest BCUT2D eigenvalue weighted by Crippen LogP contribution is 2.64. The summed E-state index contributed by atoms with van der Waals surface area (Å²) in [6.07, 6.45) is 1.90. The number of carbonyl (C=O) groups is 1. The van der Waals surface area contributed by atoms with E-state index in [1.54, 1.807) is 12.1 Å². The fourth-order valence-corrected chi connectivity index (χ4v) is 6.30.